The summed E-state index contributed by atoms with van der Waals surface area (Å²) in [6.07, 6.45) is 0. The van der Waals surface area contributed by atoms with E-state index in [0.29, 0.717) is 21.9 Å². The first-order valence-electron chi connectivity index (χ1n) is 6.77. The predicted molar refractivity (Wildman–Crippen MR) is 91.7 cm³/mol. The number of Topliss-reactive ketones (excluding diaryl/α,β-unsaturated/α-hetero) is 1. The van der Waals surface area contributed by atoms with Crippen LogP contribution in [0.4, 0.5) is 0 Å². The van der Waals surface area contributed by atoms with E-state index in [1.54, 1.807) is 48.5 Å². The molecule has 0 radical (unpaired) electrons. The van der Waals surface area contributed by atoms with Crippen molar-refractivity contribution in [2.75, 3.05) is 14.1 Å². The Balaban J connectivity index is 0.000000816. The van der Waals surface area contributed by atoms with E-state index in [1.807, 2.05) is 20.2 Å². The van der Waals surface area contributed by atoms with Crippen molar-refractivity contribution in [1.29, 1.82) is 5.26 Å². The maximum Gasteiger partial charge on any atom is 0.227 e. The second kappa shape index (κ2) is 9.42. The molecule has 0 atom stereocenters. The van der Waals surface area contributed by atoms with Gasteiger partial charge in [0, 0.05) is 10.6 Å². The summed E-state index contributed by atoms with van der Waals surface area (Å²) in [6.45, 7) is 3.62. The van der Waals surface area contributed by atoms with E-state index in [2.05, 4.69) is 11.9 Å². The van der Waals surface area contributed by atoms with Crippen LogP contribution in [-0.4, -0.2) is 19.9 Å². The van der Waals surface area contributed by atoms with Gasteiger partial charge < -0.3 is 10.1 Å². The molecular weight excluding hydrogens is 312 g/mol. The Bertz CT molecular complexity index is 719. The molecule has 0 aromatic heterocycles. The largest absolute Gasteiger partial charge is 0.454 e. The zero-order valence-electron chi connectivity index (χ0n) is 13.0. The lowest BCUT2D eigenvalue weighted by Crippen LogP contribution is -2.08. The van der Waals surface area contributed by atoms with Crippen LogP contribution in [0.5, 0.6) is 5.75 Å². The van der Waals surface area contributed by atoms with E-state index < -0.39 is 0 Å². The number of carbonyl (C=O) groups excluding carboxylic acids is 1. The Morgan fingerprint density at radius 1 is 1.22 bits per heavy atom. The highest BCUT2D eigenvalue weighted by atomic mass is 35.5. The monoisotopic (exact) mass is 328 g/mol. The number of nitrogens with zero attached hydrogens (tertiary/aromatic N) is 1. The molecule has 0 saturated carbocycles. The van der Waals surface area contributed by atoms with Gasteiger partial charge in [-0.15, -0.1) is 0 Å². The van der Waals surface area contributed by atoms with E-state index in [0.717, 1.165) is 0 Å². The molecule has 0 aliphatic carbocycles. The molecule has 1 N–H and O–H groups in total. The molecular formula is C18H17ClN2O2. The van der Waals surface area contributed by atoms with Crippen LogP contribution >= 0.6 is 11.6 Å². The quantitative estimate of drug-likeness (QED) is 0.526. The molecule has 0 heterocycles. The molecule has 0 fully saturated rings. The van der Waals surface area contributed by atoms with E-state index >= 15 is 0 Å². The van der Waals surface area contributed by atoms with Gasteiger partial charge in [-0.25, -0.2) is 0 Å². The molecule has 0 spiro atoms. The maximum absolute atomic E-state index is 12.1. The molecule has 118 valence electrons. The van der Waals surface area contributed by atoms with Gasteiger partial charge in [-0.3, -0.25) is 4.79 Å². The van der Waals surface area contributed by atoms with Crippen molar-refractivity contribution in [3.8, 4) is 11.8 Å². The molecule has 2 rings (SSSR count). The second-order valence-electron chi connectivity index (χ2n) is 4.50. The Kier molecular flexibility index (Phi) is 7.55. The fourth-order valence-corrected chi connectivity index (χ4v) is 1.77. The van der Waals surface area contributed by atoms with E-state index in [4.69, 9.17) is 21.6 Å². The standard InChI is InChI=1S/C16H10ClNO2.C2H7N/c1-11(16(19)13-3-2-4-14(17)9-13)20-15-7-5-12(10-18)6-8-15;1-3-2/h2-9H,1H2;3H,1-2H3. The Morgan fingerprint density at radius 3 is 2.35 bits per heavy atom. The molecule has 4 nitrogen and oxygen atoms in total. The van der Waals surface area contributed by atoms with Crippen molar-refractivity contribution in [2.24, 2.45) is 0 Å². The normalized spacial score (nSPS) is 9.13. The molecule has 23 heavy (non-hydrogen) atoms. The Hall–Kier alpha value is -2.61. The number of carbonyl (C=O) groups is 1. The van der Waals surface area contributed by atoms with Gasteiger partial charge in [0.15, 0.2) is 5.76 Å². The number of rotatable bonds is 4. The smallest absolute Gasteiger partial charge is 0.227 e. The van der Waals surface area contributed by atoms with E-state index in [1.165, 1.54) is 0 Å². The van der Waals surface area contributed by atoms with Gasteiger partial charge in [0.1, 0.15) is 5.75 Å². The van der Waals surface area contributed by atoms with Crippen molar-refractivity contribution in [2.45, 2.75) is 0 Å². The summed E-state index contributed by atoms with van der Waals surface area (Å²) in [4.78, 5) is 12.1. The molecule has 0 aliphatic heterocycles. The van der Waals surface area contributed by atoms with Crippen molar-refractivity contribution in [3.63, 3.8) is 0 Å². The minimum absolute atomic E-state index is 0.00280. The molecule has 2 aromatic carbocycles. The minimum atomic E-state index is -0.336. The number of ether oxygens (including phenoxy) is 1. The van der Waals surface area contributed by atoms with Crippen molar-refractivity contribution in [1.82, 2.24) is 5.32 Å². The highest BCUT2D eigenvalue weighted by molar-refractivity contribution is 6.31. The summed E-state index contributed by atoms with van der Waals surface area (Å²) >= 11 is 5.83. The van der Waals surface area contributed by atoms with E-state index in [9.17, 15) is 4.79 Å². The number of hydrogen-bond acceptors (Lipinski definition) is 4. The average Bonchev–Trinajstić information content (AvgIpc) is 2.55. The number of benzene rings is 2. The van der Waals surface area contributed by atoms with Crippen LogP contribution in [0.25, 0.3) is 0 Å². The summed E-state index contributed by atoms with van der Waals surface area (Å²) in [5, 5.41) is 11.9. The van der Waals surface area contributed by atoms with Gasteiger partial charge >= 0.3 is 0 Å². The van der Waals surface area contributed by atoms with Gasteiger partial charge in [-0.2, -0.15) is 5.26 Å². The van der Waals surface area contributed by atoms with Crippen LogP contribution in [0.15, 0.2) is 60.9 Å². The minimum Gasteiger partial charge on any atom is -0.454 e. The van der Waals surface area contributed by atoms with Crippen LogP contribution < -0.4 is 10.1 Å². The molecule has 5 heteroatoms. The number of hydrogen-bond donors (Lipinski definition) is 1. The Labute approximate surface area is 141 Å². The lowest BCUT2D eigenvalue weighted by Gasteiger charge is -2.08. The number of allylic oxidation sites excluding steroid dienone is 1. The molecule has 0 saturated heterocycles. The topological polar surface area (TPSA) is 62.1 Å². The van der Waals surface area contributed by atoms with Gasteiger partial charge in [0.2, 0.25) is 5.78 Å². The van der Waals surface area contributed by atoms with Crippen LogP contribution in [0.2, 0.25) is 5.02 Å². The Morgan fingerprint density at radius 2 is 1.83 bits per heavy atom. The van der Waals surface area contributed by atoms with Crippen LogP contribution in [-0.2, 0) is 0 Å². The van der Waals surface area contributed by atoms with Crippen molar-refractivity contribution in [3.05, 3.63) is 77.0 Å². The van der Waals surface area contributed by atoms with E-state index in [-0.39, 0.29) is 11.5 Å². The van der Waals surface area contributed by atoms with Gasteiger partial charge in [0.25, 0.3) is 0 Å². The zero-order valence-corrected chi connectivity index (χ0v) is 13.7. The lowest BCUT2D eigenvalue weighted by molar-refractivity contribution is 0.0987. The number of halogens is 1. The summed E-state index contributed by atoms with van der Waals surface area (Å²) < 4.78 is 5.37. The highest BCUT2D eigenvalue weighted by Crippen LogP contribution is 2.18. The maximum atomic E-state index is 12.1. The third-order valence-corrected chi connectivity index (χ3v) is 2.80. The molecule has 0 unspecified atom stereocenters. The SMILES string of the molecule is C=C(Oc1ccc(C#N)cc1)C(=O)c1cccc(Cl)c1.CNC. The fraction of sp³-hybridized carbons (Fsp3) is 0.111. The number of ketones is 1. The third kappa shape index (κ3) is 5.95. The van der Waals surface area contributed by atoms with Gasteiger partial charge in [0.05, 0.1) is 11.6 Å². The first-order chi connectivity index (χ1) is 11.0. The average molecular weight is 329 g/mol. The highest BCUT2D eigenvalue weighted by Gasteiger charge is 2.12. The van der Waals surface area contributed by atoms with Gasteiger partial charge in [-0.1, -0.05) is 30.3 Å². The summed E-state index contributed by atoms with van der Waals surface area (Å²) in [7, 11) is 3.75. The first kappa shape index (κ1) is 18.4. The first-order valence-corrected chi connectivity index (χ1v) is 7.15. The zero-order chi connectivity index (χ0) is 17.2. The summed E-state index contributed by atoms with van der Waals surface area (Å²) in [5.74, 6) is 0.109. The number of nitrogens with one attached hydrogen (secondary N) is 1. The third-order valence-electron chi connectivity index (χ3n) is 2.56. The molecule has 0 aliphatic rings. The summed E-state index contributed by atoms with van der Waals surface area (Å²) in [6, 6.07) is 15.0. The lowest BCUT2D eigenvalue weighted by atomic mass is 10.1. The number of nitriles is 1. The van der Waals surface area contributed by atoms with Gasteiger partial charge in [-0.05, 0) is 50.5 Å². The molecule has 2 aromatic rings. The van der Waals surface area contributed by atoms with Crippen LogP contribution in [0.1, 0.15) is 15.9 Å². The van der Waals surface area contributed by atoms with Crippen molar-refractivity contribution >= 4 is 17.4 Å². The predicted octanol–water partition coefficient (Wildman–Crippen LogP) is 3.82. The second-order valence-corrected chi connectivity index (χ2v) is 4.94. The summed E-state index contributed by atoms with van der Waals surface area (Å²) in [5.41, 5.74) is 0.931. The van der Waals surface area contributed by atoms with Crippen LogP contribution in [0.3, 0.4) is 0 Å². The van der Waals surface area contributed by atoms with Crippen molar-refractivity contribution < 1.29 is 9.53 Å². The molecule has 0 amide bonds. The molecule has 0 bridgehead atoms. The van der Waals surface area contributed by atoms with Crippen LogP contribution in [0, 0.1) is 11.3 Å². The fourth-order valence-electron chi connectivity index (χ4n) is 1.58.